The molecule has 4 heteroatoms. The second-order valence-electron chi connectivity index (χ2n) is 19.1. The maximum absolute atomic E-state index is 7.08. The van der Waals surface area contributed by atoms with Crippen LogP contribution < -0.4 is 14.5 Å². The average molecular weight is 935 g/mol. The monoisotopic (exact) mass is 935 g/mol. The van der Waals surface area contributed by atoms with E-state index in [2.05, 4.69) is 217 Å². The summed E-state index contributed by atoms with van der Waals surface area (Å²) in [5.41, 5.74) is 20.9. The van der Waals surface area contributed by atoms with Gasteiger partial charge in [-0.2, -0.15) is 0 Å². The van der Waals surface area contributed by atoms with Crippen molar-refractivity contribution in [1.29, 1.82) is 0 Å². The minimum Gasteiger partial charge on any atom is -0.479 e. The summed E-state index contributed by atoms with van der Waals surface area (Å²) in [4.78, 5) is 4.96. The Labute approximate surface area is 423 Å². The van der Waals surface area contributed by atoms with E-state index >= 15 is 0 Å². The molecule has 3 aliphatic carbocycles. The molecule has 0 radical (unpaired) electrons. The Morgan fingerprint density at radius 1 is 0.676 bits per heavy atom. The van der Waals surface area contributed by atoms with Crippen LogP contribution in [0.1, 0.15) is 121 Å². The number of allylic oxidation sites excluding steroid dienone is 12. The smallest absolute Gasteiger partial charge is 0.159 e. The molecule has 0 amide bonds. The van der Waals surface area contributed by atoms with Crippen LogP contribution in [0.3, 0.4) is 0 Å². The van der Waals surface area contributed by atoms with Crippen LogP contribution in [0.25, 0.3) is 49.7 Å². The van der Waals surface area contributed by atoms with Gasteiger partial charge in [0.05, 0.1) is 22.7 Å². The normalized spacial score (nSPS) is 16.0. The highest BCUT2D eigenvalue weighted by Gasteiger charge is 2.31. The molecule has 1 unspecified atom stereocenters. The van der Waals surface area contributed by atoms with Gasteiger partial charge in [0.1, 0.15) is 11.9 Å². The molecule has 2 heterocycles. The van der Waals surface area contributed by atoms with Gasteiger partial charge in [-0.05, 0) is 172 Å². The Morgan fingerprint density at radius 3 is 2.25 bits per heavy atom. The van der Waals surface area contributed by atoms with Gasteiger partial charge >= 0.3 is 0 Å². The minimum atomic E-state index is -0.147. The maximum atomic E-state index is 7.08. The van der Waals surface area contributed by atoms with Crippen molar-refractivity contribution in [3.05, 3.63) is 207 Å². The highest BCUT2D eigenvalue weighted by Crippen LogP contribution is 2.51. The first-order valence-corrected chi connectivity index (χ1v) is 26.0. The molecule has 0 saturated carbocycles. The molecular formula is C67H70N2O2. The molecule has 11 rings (SSSR count). The van der Waals surface area contributed by atoms with Crippen molar-refractivity contribution in [2.45, 2.75) is 115 Å². The largest absolute Gasteiger partial charge is 0.479 e. The Balaban J connectivity index is 0.00000152. The predicted octanol–water partition coefficient (Wildman–Crippen LogP) is 19.9. The number of nitrogens with zero attached hydrogens (tertiary/aromatic N) is 2. The molecule has 6 aromatic carbocycles. The summed E-state index contributed by atoms with van der Waals surface area (Å²) in [6, 6.07) is 34.1. The molecule has 4 nitrogen and oxygen atoms in total. The molecule has 0 saturated heterocycles. The summed E-state index contributed by atoms with van der Waals surface area (Å²) in [5, 5.41) is 6.03. The molecule has 0 spiro atoms. The lowest BCUT2D eigenvalue weighted by atomic mass is 9.91. The standard InChI is InChI=1S/C63H58N2O2.2C2H6/c1-9-15-51-53(64(47-34-38(2)24-25-39(3)35-47)55-22-13-20-48-46-18-12-17-42(6)58(37-46)66-62(48)55)33-30-45-29-31-52-54(32-28-43(7)59(52)60(45)51)65(57-36-40(4)26-27-41(57)5)56-23-14-21-50-49-19-11-10-16-44(8)61(49)67-63(50)56;2*1-2/h9,12-18,20-34,36-37,58H,10-11,19,35H2,1-8H3;2*1-2H3/b15-9-;;. The van der Waals surface area contributed by atoms with Crippen molar-refractivity contribution in [3.8, 4) is 5.75 Å². The van der Waals surface area contributed by atoms with E-state index in [1.165, 1.54) is 82.7 Å². The lowest BCUT2D eigenvalue weighted by Gasteiger charge is -2.35. The van der Waals surface area contributed by atoms with Crippen molar-refractivity contribution in [3.63, 3.8) is 0 Å². The molecule has 0 N–H and O–H groups in total. The second-order valence-corrected chi connectivity index (χ2v) is 19.1. The van der Waals surface area contributed by atoms with Gasteiger partial charge in [0.15, 0.2) is 11.3 Å². The first kappa shape index (κ1) is 48.7. The number of benzene rings is 6. The first-order chi connectivity index (χ1) is 34.6. The van der Waals surface area contributed by atoms with Crippen molar-refractivity contribution in [1.82, 2.24) is 0 Å². The summed E-state index contributed by atoms with van der Waals surface area (Å²) in [6.07, 6.45) is 26.3. The van der Waals surface area contributed by atoms with Crippen molar-refractivity contribution < 1.29 is 9.15 Å². The molecule has 0 fully saturated rings. The highest BCUT2D eigenvalue weighted by molar-refractivity contribution is 6.19. The topological polar surface area (TPSA) is 28.9 Å². The zero-order chi connectivity index (χ0) is 50.1. The van der Waals surface area contributed by atoms with Crippen LogP contribution in [-0.2, 0) is 6.42 Å². The minimum absolute atomic E-state index is 0.147. The Kier molecular flexibility index (Phi) is 14.1. The quantitative estimate of drug-likeness (QED) is 0.149. The number of anilines is 5. The Morgan fingerprint density at radius 2 is 1.44 bits per heavy atom. The average Bonchev–Trinajstić information content (AvgIpc) is 3.42. The highest BCUT2D eigenvalue weighted by atomic mass is 16.5. The lowest BCUT2D eigenvalue weighted by Crippen LogP contribution is -2.24. The third-order valence-electron chi connectivity index (χ3n) is 14.2. The molecule has 4 aliphatic rings. The van der Waals surface area contributed by atoms with Crippen LogP contribution in [0.4, 0.5) is 28.4 Å². The maximum Gasteiger partial charge on any atom is 0.159 e. The summed E-state index contributed by atoms with van der Waals surface area (Å²) >= 11 is 0. The van der Waals surface area contributed by atoms with Gasteiger partial charge in [-0.3, -0.25) is 0 Å². The van der Waals surface area contributed by atoms with Crippen LogP contribution >= 0.6 is 0 Å². The Bertz CT molecular complexity index is 3480. The molecule has 360 valence electrons. The lowest BCUT2D eigenvalue weighted by molar-refractivity contribution is 0.281. The van der Waals surface area contributed by atoms with E-state index in [0.717, 1.165) is 82.3 Å². The first-order valence-electron chi connectivity index (χ1n) is 26.0. The van der Waals surface area contributed by atoms with Crippen LogP contribution in [0.2, 0.25) is 0 Å². The van der Waals surface area contributed by atoms with Crippen LogP contribution in [0, 0.1) is 20.8 Å². The summed E-state index contributed by atoms with van der Waals surface area (Å²) < 4.78 is 14.1. The van der Waals surface area contributed by atoms with Crippen LogP contribution in [0.5, 0.6) is 5.75 Å². The van der Waals surface area contributed by atoms with Gasteiger partial charge in [-0.15, -0.1) is 0 Å². The third-order valence-corrected chi connectivity index (χ3v) is 14.2. The van der Waals surface area contributed by atoms with E-state index in [1.807, 2.05) is 27.7 Å². The van der Waals surface area contributed by atoms with Crippen molar-refractivity contribution in [2.24, 2.45) is 0 Å². The number of aryl methyl sites for hydroxylation is 4. The molecule has 1 atom stereocenters. The Hall–Kier alpha value is -7.30. The van der Waals surface area contributed by atoms with E-state index in [1.54, 1.807) is 0 Å². The summed E-state index contributed by atoms with van der Waals surface area (Å²) in [7, 11) is 0. The van der Waals surface area contributed by atoms with Gasteiger partial charge < -0.3 is 19.0 Å². The van der Waals surface area contributed by atoms with Crippen LogP contribution in [-0.4, -0.2) is 6.10 Å². The number of para-hydroxylation sites is 2. The van der Waals surface area contributed by atoms with E-state index < -0.39 is 0 Å². The molecule has 1 aliphatic heterocycles. The molecule has 1 aromatic heterocycles. The zero-order valence-corrected chi connectivity index (χ0v) is 44.1. The van der Waals surface area contributed by atoms with Crippen molar-refractivity contribution in [2.75, 3.05) is 9.80 Å². The van der Waals surface area contributed by atoms with Gasteiger partial charge in [0.25, 0.3) is 0 Å². The fourth-order valence-electron chi connectivity index (χ4n) is 10.9. The molecule has 7 aromatic rings. The van der Waals surface area contributed by atoms with E-state index in [-0.39, 0.29) is 6.10 Å². The number of hydrogen-bond donors (Lipinski definition) is 0. The fraction of sp³-hybridized carbons (Fsp3) is 0.254. The van der Waals surface area contributed by atoms with Gasteiger partial charge in [0, 0.05) is 45.3 Å². The number of fused-ring (bicyclic) bond motifs is 9. The number of hydrogen-bond acceptors (Lipinski definition) is 4. The number of ether oxygens (including phenoxy) is 1. The summed E-state index contributed by atoms with van der Waals surface area (Å²) in [6.45, 7) is 25.6. The van der Waals surface area contributed by atoms with Crippen molar-refractivity contribution >= 4 is 78.2 Å². The number of furan rings is 1. The number of rotatable bonds is 7. The van der Waals surface area contributed by atoms with E-state index in [9.17, 15) is 0 Å². The van der Waals surface area contributed by atoms with E-state index in [4.69, 9.17) is 9.15 Å². The fourth-order valence-corrected chi connectivity index (χ4v) is 10.9. The summed E-state index contributed by atoms with van der Waals surface area (Å²) in [5.74, 6) is 1.93. The molecular weight excluding hydrogens is 865 g/mol. The van der Waals surface area contributed by atoms with Gasteiger partial charge in [-0.25, -0.2) is 0 Å². The van der Waals surface area contributed by atoms with Gasteiger partial charge in [0.2, 0.25) is 0 Å². The third kappa shape index (κ3) is 8.84. The molecule has 2 bridgehead atoms. The SMILES string of the molecule is C/C=C\c1c(N(C2=CC(C)=CC=C(C)C2)c2cccc3c2OC2C=C3C=CC=C2C)ccc2ccc3c(N(c4cc(C)ccc4C)c4cccc5c6c(oc45)C(C)=CCCC6)ccc(C)c3c12.CC.CC. The molecule has 71 heavy (non-hydrogen) atoms. The zero-order valence-electron chi connectivity index (χ0n) is 44.1. The predicted molar refractivity (Wildman–Crippen MR) is 308 cm³/mol. The second kappa shape index (κ2) is 20.6. The van der Waals surface area contributed by atoms with E-state index in [0.29, 0.717) is 0 Å². The van der Waals surface area contributed by atoms with Gasteiger partial charge in [-0.1, -0.05) is 143 Å². The van der Waals surface area contributed by atoms with Crippen LogP contribution in [0.15, 0.2) is 173 Å².